The van der Waals surface area contributed by atoms with Crippen molar-refractivity contribution in [1.82, 2.24) is 20.2 Å². The molecule has 108 valence electrons. The van der Waals surface area contributed by atoms with Crippen LogP contribution < -0.4 is 4.57 Å². The van der Waals surface area contributed by atoms with Crippen molar-refractivity contribution in [3.05, 3.63) is 56.9 Å². The van der Waals surface area contributed by atoms with E-state index in [-0.39, 0.29) is 11.6 Å². The first-order chi connectivity index (χ1) is 10.1. The summed E-state index contributed by atoms with van der Waals surface area (Å²) in [6.07, 6.45) is 3.56. The van der Waals surface area contributed by atoms with E-state index < -0.39 is 11.0 Å². The quantitative estimate of drug-likeness (QED) is 0.470. The summed E-state index contributed by atoms with van der Waals surface area (Å²) in [5.41, 5.74) is 2.02. The minimum Gasteiger partial charge on any atom is -0.358 e. The lowest BCUT2D eigenvalue weighted by atomic mass is 10.0. The molecular formula is C12H13N7O2. The smallest absolute Gasteiger partial charge is 0.260 e. The summed E-state index contributed by atoms with van der Waals surface area (Å²) in [5.74, 6) is 0.279. The number of fused-ring (bicyclic) bond motifs is 1. The maximum atomic E-state index is 11.2. The molecule has 1 aliphatic heterocycles. The summed E-state index contributed by atoms with van der Waals surface area (Å²) >= 11 is 0. The average molecular weight is 287 g/mol. The molecule has 9 nitrogen and oxygen atoms in total. The van der Waals surface area contributed by atoms with E-state index >= 15 is 0 Å². The van der Waals surface area contributed by atoms with Crippen LogP contribution in [0.25, 0.3) is 5.32 Å². The second-order valence-corrected chi connectivity index (χ2v) is 4.83. The standard InChI is InChI=1S/C12H13N7O2/c1-8-4-3-5-17(2)9(8)6-10-11(19(20)21)7-13-12-14-15-16-18(10)12/h3-5,7,10H,6H2,1-2H3. The van der Waals surface area contributed by atoms with Crippen molar-refractivity contribution in [3.8, 4) is 0 Å². The fourth-order valence-corrected chi connectivity index (χ4v) is 2.44. The van der Waals surface area contributed by atoms with Gasteiger partial charge in [-0.15, -0.1) is 10.4 Å². The van der Waals surface area contributed by atoms with Crippen molar-refractivity contribution in [2.45, 2.75) is 19.4 Å². The lowest BCUT2D eigenvalue weighted by Gasteiger charge is -2.24. The first kappa shape index (κ1) is 13.2. The van der Waals surface area contributed by atoms with Gasteiger partial charge in [0.25, 0.3) is 5.70 Å². The highest BCUT2D eigenvalue weighted by Crippen LogP contribution is 2.33. The van der Waals surface area contributed by atoms with Gasteiger partial charge in [0.2, 0.25) is 0 Å². The molecule has 2 aromatic heterocycles. The molecule has 0 aromatic carbocycles. The molecule has 0 N–H and O–H groups in total. The van der Waals surface area contributed by atoms with E-state index in [1.807, 2.05) is 36.9 Å². The number of hydrogen-bond donors (Lipinski definition) is 0. The van der Waals surface area contributed by atoms with Crippen molar-refractivity contribution >= 4 is 5.95 Å². The van der Waals surface area contributed by atoms with Gasteiger partial charge in [-0.1, -0.05) is 0 Å². The van der Waals surface area contributed by atoms with Crippen LogP contribution in [0.3, 0.4) is 0 Å². The second-order valence-electron chi connectivity index (χ2n) is 4.83. The Bertz CT molecular complexity index is 717. The fraction of sp³-hybridized carbons (Fsp3) is 0.333. The highest BCUT2D eigenvalue weighted by molar-refractivity contribution is 5.41. The van der Waals surface area contributed by atoms with Crippen molar-refractivity contribution in [3.63, 3.8) is 0 Å². The molecule has 1 aliphatic rings. The average Bonchev–Trinajstić information content (AvgIpc) is 2.91. The van der Waals surface area contributed by atoms with E-state index in [9.17, 15) is 10.1 Å². The Morgan fingerprint density at radius 2 is 2.38 bits per heavy atom. The molecule has 3 rings (SSSR count). The van der Waals surface area contributed by atoms with Gasteiger partial charge in [-0.25, -0.2) is 4.57 Å². The highest BCUT2D eigenvalue weighted by Gasteiger charge is 2.31. The van der Waals surface area contributed by atoms with Gasteiger partial charge in [-0.2, -0.15) is 0 Å². The number of hydrogen-bond acceptors (Lipinski definition) is 5. The number of allylic oxidation sites excluding steroid dienone is 1. The molecule has 0 fully saturated rings. The number of aromatic nitrogens is 5. The summed E-state index contributed by atoms with van der Waals surface area (Å²) in [7, 11) is 1.91. The SMILES string of the molecule is Cc1ccc[n+](C)c1CC1C([N+](=O)[O-])=C[N-]c2nnnn21. The van der Waals surface area contributed by atoms with Crippen molar-refractivity contribution in [1.29, 1.82) is 0 Å². The number of pyridine rings is 1. The van der Waals surface area contributed by atoms with Crippen LogP contribution in [0, 0.1) is 17.0 Å². The fourth-order valence-electron chi connectivity index (χ4n) is 2.44. The Morgan fingerprint density at radius 1 is 1.57 bits per heavy atom. The topological polar surface area (TPSA) is 105 Å². The third-order valence-electron chi connectivity index (χ3n) is 3.56. The molecule has 2 aromatic rings. The van der Waals surface area contributed by atoms with Gasteiger partial charge < -0.3 is 5.32 Å². The number of nitro groups is 1. The zero-order valence-corrected chi connectivity index (χ0v) is 11.5. The van der Waals surface area contributed by atoms with Crippen LogP contribution in [0.4, 0.5) is 5.95 Å². The van der Waals surface area contributed by atoms with Crippen LogP contribution in [0.2, 0.25) is 0 Å². The minimum absolute atomic E-state index is 0.0157. The molecule has 0 radical (unpaired) electrons. The molecule has 21 heavy (non-hydrogen) atoms. The zero-order chi connectivity index (χ0) is 15.0. The lowest BCUT2D eigenvalue weighted by Crippen LogP contribution is -2.36. The van der Waals surface area contributed by atoms with E-state index in [4.69, 9.17) is 0 Å². The van der Waals surface area contributed by atoms with Gasteiger partial charge >= 0.3 is 0 Å². The van der Waals surface area contributed by atoms with Crippen LogP contribution in [-0.4, -0.2) is 25.1 Å². The summed E-state index contributed by atoms with van der Waals surface area (Å²) in [4.78, 5) is 10.8. The third kappa shape index (κ3) is 2.22. The van der Waals surface area contributed by atoms with Crippen molar-refractivity contribution < 1.29 is 9.49 Å². The molecule has 0 amide bonds. The lowest BCUT2D eigenvalue weighted by molar-refractivity contribution is -0.679. The molecule has 1 unspecified atom stereocenters. The molecule has 0 bridgehead atoms. The number of rotatable bonds is 3. The van der Waals surface area contributed by atoms with E-state index in [1.165, 1.54) is 10.9 Å². The van der Waals surface area contributed by atoms with Gasteiger partial charge in [-0.05, 0) is 13.0 Å². The van der Waals surface area contributed by atoms with Crippen molar-refractivity contribution in [2.24, 2.45) is 7.05 Å². The summed E-state index contributed by atoms with van der Waals surface area (Å²) in [5, 5.41) is 26.3. The maximum Gasteiger partial charge on any atom is 0.260 e. The van der Waals surface area contributed by atoms with Gasteiger partial charge in [0, 0.05) is 17.8 Å². The summed E-state index contributed by atoms with van der Waals surface area (Å²) < 4.78 is 3.34. The largest absolute Gasteiger partial charge is 0.358 e. The van der Waals surface area contributed by atoms with Gasteiger partial charge in [0.05, 0.1) is 17.3 Å². The second kappa shape index (κ2) is 4.93. The number of nitrogens with zero attached hydrogens (tertiary/aromatic N) is 7. The summed E-state index contributed by atoms with van der Waals surface area (Å²) in [6, 6.07) is 3.33. The Hall–Kier alpha value is -2.84. The van der Waals surface area contributed by atoms with E-state index in [0.29, 0.717) is 6.42 Å². The van der Waals surface area contributed by atoms with Crippen LogP contribution >= 0.6 is 0 Å². The first-order valence-electron chi connectivity index (χ1n) is 6.35. The molecule has 0 spiro atoms. The van der Waals surface area contributed by atoms with Crippen LogP contribution in [0.15, 0.2) is 30.2 Å². The monoisotopic (exact) mass is 287 g/mol. The van der Waals surface area contributed by atoms with E-state index in [2.05, 4.69) is 20.8 Å². The van der Waals surface area contributed by atoms with Gasteiger partial charge in [0.1, 0.15) is 13.1 Å². The predicted octanol–water partition coefficient (Wildman–Crippen LogP) is 0.727. The molecule has 9 heteroatoms. The Labute approximate surface area is 120 Å². The molecule has 0 aliphatic carbocycles. The van der Waals surface area contributed by atoms with Crippen LogP contribution in [-0.2, 0) is 13.5 Å². The third-order valence-corrected chi connectivity index (χ3v) is 3.56. The Morgan fingerprint density at radius 3 is 3.10 bits per heavy atom. The first-order valence-corrected chi connectivity index (χ1v) is 6.35. The predicted molar refractivity (Wildman–Crippen MR) is 71.0 cm³/mol. The minimum atomic E-state index is -0.574. The van der Waals surface area contributed by atoms with Gasteiger partial charge in [-0.3, -0.25) is 19.9 Å². The number of aryl methyl sites for hydroxylation is 2. The number of tetrazole rings is 1. The Balaban J connectivity index is 2.04. The summed E-state index contributed by atoms with van der Waals surface area (Å²) in [6.45, 7) is 1.97. The normalized spacial score (nSPS) is 16.9. The molecule has 3 heterocycles. The molecule has 0 saturated carbocycles. The van der Waals surface area contributed by atoms with E-state index in [0.717, 1.165) is 11.3 Å². The molecule has 0 saturated heterocycles. The van der Waals surface area contributed by atoms with Crippen LogP contribution in [0.1, 0.15) is 17.3 Å². The van der Waals surface area contributed by atoms with Crippen molar-refractivity contribution in [2.75, 3.05) is 0 Å². The van der Waals surface area contributed by atoms with E-state index in [1.54, 1.807) is 0 Å². The maximum absolute atomic E-state index is 11.2. The highest BCUT2D eigenvalue weighted by atomic mass is 16.6. The molecular weight excluding hydrogens is 274 g/mol. The zero-order valence-electron chi connectivity index (χ0n) is 11.5. The van der Waals surface area contributed by atoms with Crippen LogP contribution in [0.5, 0.6) is 0 Å². The van der Waals surface area contributed by atoms with Gasteiger partial charge in [0.15, 0.2) is 11.9 Å². The molecule has 1 atom stereocenters. The Kier molecular flexibility index (Phi) is 3.09.